The Bertz CT molecular complexity index is 2190. The van der Waals surface area contributed by atoms with Gasteiger partial charge >= 0.3 is 10.4 Å². The third kappa shape index (κ3) is 12.6. The first kappa shape index (κ1) is 58.8. The normalized spacial score (nSPS) is 45.6. The summed E-state index contributed by atoms with van der Waals surface area (Å²) in [7, 11) is -7.78. The van der Waals surface area contributed by atoms with Crippen LogP contribution >= 0.6 is 0 Å². The number of nitrogens with one attached hydrogen (secondary N) is 1. The Morgan fingerprint density at radius 1 is 0.836 bits per heavy atom. The van der Waals surface area contributed by atoms with Crippen molar-refractivity contribution in [3.63, 3.8) is 0 Å². The summed E-state index contributed by atoms with van der Waals surface area (Å²) in [5, 5.41) is 80.2. The van der Waals surface area contributed by atoms with E-state index in [2.05, 4.69) is 38.2 Å². The van der Waals surface area contributed by atoms with Crippen LogP contribution in [0, 0.1) is 52.3 Å². The molecule has 73 heavy (non-hydrogen) atoms. The van der Waals surface area contributed by atoms with E-state index in [1.165, 1.54) is 19.6 Å². The van der Waals surface area contributed by atoms with Crippen LogP contribution in [0.3, 0.4) is 0 Å². The quantitative estimate of drug-likeness (QED) is 0.0637. The summed E-state index contributed by atoms with van der Waals surface area (Å²) in [4.78, 5) is 12.8. The molecule has 4 aliphatic carbocycles. The molecule has 0 aromatic carbocycles. The van der Waals surface area contributed by atoms with Gasteiger partial charge in [-0.05, 0) is 98.2 Å². The Hall–Kier alpha value is -1.83. The molecule has 3 saturated carbocycles. The second-order valence-corrected chi connectivity index (χ2v) is 24.8. The summed E-state index contributed by atoms with van der Waals surface area (Å²) in [6, 6.07) is 0. The highest BCUT2D eigenvalue weighted by Gasteiger charge is 2.62. The lowest BCUT2D eigenvalue weighted by Gasteiger charge is -2.59. The van der Waals surface area contributed by atoms with E-state index in [4.69, 9.17) is 41.9 Å². The highest BCUT2D eigenvalue weighted by molar-refractivity contribution is 7.85. The fraction of sp³-hybridized carbons (Fsp3) is 0.896. The second kappa shape index (κ2) is 23.2. The molecule has 1 amide bonds. The smallest absolute Gasteiger partial charge is 0.394 e. The molecular weight excluding hydrogens is 1010 g/mol. The lowest BCUT2D eigenvalue weighted by molar-refractivity contribution is -0.381. The van der Waals surface area contributed by atoms with Crippen LogP contribution in [0.5, 0.6) is 0 Å². The Morgan fingerprint density at radius 2 is 1.51 bits per heavy atom. The van der Waals surface area contributed by atoms with Crippen molar-refractivity contribution in [3.8, 4) is 0 Å². The van der Waals surface area contributed by atoms with Crippen LogP contribution < -0.4 is 5.32 Å². The van der Waals surface area contributed by atoms with Crippen molar-refractivity contribution >= 4 is 26.4 Å². The van der Waals surface area contributed by atoms with E-state index < -0.39 is 155 Å². The molecule has 6 fully saturated rings. The van der Waals surface area contributed by atoms with Crippen molar-refractivity contribution in [2.24, 2.45) is 52.3 Å². The fourth-order valence-electron chi connectivity index (χ4n) is 13.4. The third-order valence-corrected chi connectivity index (χ3v) is 19.0. The summed E-state index contributed by atoms with van der Waals surface area (Å²) < 4.78 is 112. The van der Waals surface area contributed by atoms with Gasteiger partial charge in [-0.2, -0.15) is 16.8 Å². The predicted octanol–water partition coefficient (Wildman–Crippen LogP) is -0.0139. The van der Waals surface area contributed by atoms with Gasteiger partial charge in [0.2, 0.25) is 5.91 Å². The number of carbonyl (C=O) groups excluding carboxylic acids is 1. The Kier molecular flexibility index (Phi) is 18.7. The van der Waals surface area contributed by atoms with Crippen molar-refractivity contribution in [3.05, 3.63) is 23.8 Å². The average molecular weight is 1090 g/mol. The number of aliphatic hydroxyl groups is 7. The van der Waals surface area contributed by atoms with Crippen LogP contribution in [-0.4, -0.2) is 198 Å². The molecule has 3 aliphatic heterocycles. The van der Waals surface area contributed by atoms with Gasteiger partial charge in [0, 0.05) is 19.6 Å². The monoisotopic (exact) mass is 1090 g/mol. The maximum absolute atomic E-state index is 12.8. The molecule has 0 bridgehead atoms. The van der Waals surface area contributed by atoms with Crippen molar-refractivity contribution in [2.45, 2.75) is 185 Å². The molecular formula is C48H79NO22S2. The Labute approximate surface area is 427 Å². The number of methoxy groups -OCH3 is 1. The molecule has 0 aromatic heterocycles. The summed E-state index contributed by atoms with van der Waals surface area (Å²) in [6.07, 6.45) is -12.4. The largest absolute Gasteiger partial charge is 0.397 e. The predicted molar refractivity (Wildman–Crippen MR) is 254 cm³/mol. The molecule has 25 atom stereocenters. The van der Waals surface area contributed by atoms with E-state index in [1.54, 1.807) is 6.92 Å². The highest BCUT2D eigenvalue weighted by Crippen LogP contribution is 2.67. The van der Waals surface area contributed by atoms with Crippen molar-refractivity contribution in [2.75, 3.05) is 32.6 Å². The van der Waals surface area contributed by atoms with Gasteiger partial charge in [0.1, 0.15) is 61.0 Å². The van der Waals surface area contributed by atoms with Gasteiger partial charge in [-0.25, -0.2) is 4.18 Å². The molecule has 7 rings (SSSR count). The minimum atomic E-state index is -4.83. The first-order valence-electron chi connectivity index (χ1n) is 25.5. The molecule has 420 valence electrons. The average Bonchev–Trinajstić information content (AvgIpc) is 3.68. The summed E-state index contributed by atoms with van der Waals surface area (Å²) in [5.41, 5.74) is 0.456. The highest BCUT2D eigenvalue weighted by atomic mass is 32.3. The number of aliphatic hydroxyl groups excluding tert-OH is 7. The van der Waals surface area contributed by atoms with E-state index in [0.29, 0.717) is 19.3 Å². The summed E-state index contributed by atoms with van der Waals surface area (Å²) >= 11 is 0. The molecule has 10 N–H and O–H groups in total. The zero-order valence-corrected chi connectivity index (χ0v) is 44.1. The van der Waals surface area contributed by atoms with E-state index in [9.17, 15) is 61.9 Å². The zero-order chi connectivity index (χ0) is 53.7. The first-order chi connectivity index (χ1) is 34.1. The first-order valence-corrected chi connectivity index (χ1v) is 28.5. The number of rotatable bonds is 18. The summed E-state index contributed by atoms with van der Waals surface area (Å²) in [5.74, 6) is -1.56. The molecule has 3 heterocycles. The van der Waals surface area contributed by atoms with E-state index in [-0.39, 0.29) is 53.9 Å². The van der Waals surface area contributed by atoms with Gasteiger partial charge in [-0.15, -0.1) is 0 Å². The number of amides is 1. The lowest BCUT2D eigenvalue weighted by atomic mass is 9.47. The standard InChI is InChI=1S/C48H79NO22S2/c1-22(24(3)43(57)49-16-17-72(58,59)60)8-9-23(2)28-10-11-29-27-19-33(31-18-26(71-73(61,62)63)12-14-48(31,6)30(27)13-15-47(28,29)5)67-45-39(56)41(37(54)34(20-50)68-45)69-46-42(36(53)32(51)21-65-46)70-44-38(55)40(64-7)35(52)25(4)66-44/h8-9,13,22-29,31-42,44-46,50-56H,10-12,14-21H2,1-7H3,(H,49,57)(H,58,59,60)(H,61,62,63). The molecule has 3 saturated heterocycles. The van der Waals surface area contributed by atoms with Gasteiger partial charge in [0.15, 0.2) is 18.9 Å². The fourth-order valence-corrected chi connectivity index (χ4v) is 14.3. The molecule has 0 radical (unpaired) electrons. The molecule has 0 aromatic rings. The molecule has 25 heteroatoms. The number of ether oxygens (including phenoxy) is 7. The van der Waals surface area contributed by atoms with Gasteiger partial charge in [-0.3, -0.25) is 13.9 Å². The third-order valence-electron chi connectivity index (χ3n) is 17.7. The van der Waals surface area contributed by atoms with Gasteiger partial charge in [0.25, 0.3) is 10.1 Å². The molecule has 7 aliphatic rings. The van der Waals surface area contributed by atoms with Crippen LogP contribution in [0.25, 0.3) is 0 Å². The van der Waals surface area contributed by atoms with E-state index in [0.717, 1.165) is 19.3 Å². The van der Waals surface area contributed by atoms with E-state index in [1.807, 2.05) is 13.0 Å². The second-order valence-electron chi connectivity index (χ2n) is 22.1. The number of carbonyl (C=O) groups is 1. The van der Waals surface area contributed by atoms with Crippen LogP contribution in [0.15, 0.2) is 23.8 Å². The topological polar surface area (TPSA) is 353 Å². The van der Waals surface area contributed by atoms with Gasteiger partial charge < -0.3 is 74.2 Å². The Balaban J connectivity index is 1.12. The number of allylic oxidation sites excluding steroid dienone is 4. The Morgan fingerprint density at radius 3 is 2.16 bits per heavy atom. The maximum Gasteiger partial charge on any atom is 0.397 e. The van der Waals surface area contributed by atoms with Crippen LogP contribution in [-0.2, 0) is 62.7 Å². The minimum absolute atomic E-state index is 0.0389. The van der Waals surface area contributed by atoms with E-state index >= 15 is 0 Å². The molecule has 23 nitrogen and oxygen atoms in total. The molecule has 0 spiro atoms. The van der Waals surface area contributed by atoms with Crippen molar-refractivity contribution in [1.29, 1.82) is 0 Å². The SMILES string of the molecule is COC1C(O)C(C)OC(OC2C(OC3C(O)C(CO)OC(OC4CC5C(=CCC6(C)C(C(C)C=CC(C)C(C)C(=O)NCCS(=O)(=O)O)CCC56)C5(C)CCC(OS(=O)(=O)O)CC45)C3O)OCC(O)C2O)C1O. The van der Waals surface area contributed by atoms with Crippen molar-refractivity contribution in [1.82, 2.24) is 5.32 Å². The number of hydrogen-bond acceptors (Lipinski definition) is 20. The summed E-state index contributed by atoms with van der Waals surface area (Å²) in [6.45, 7) is 10.3. The van der Waals surface area contributed by atoms with Gasteiger partial charge in [0.05, 0.1) is 37.3 Å². The maximum atomic E-state index is 12.8. The number of fused-ring (bicyclic) bond motifs is 5. The van der Waals surface area contributed by atoms with Crippen LogP contribution in [0.4, 0.5) is 0 Å². The zero-order valence-electron chi connectivity index (χ0n) is 42.4. The van der Waals surface area contributed by atoms with Gasteiger partial charge in [-0.1, -0.05) is 58.4 Å². The van der Waals surface area contributed by atoms with Crippen LogP contribution in [0.1, 0.15) is 86.5 Å². The lowest BCUT2D eigenvalue weighted by Crippen LogP contribution is -2.65. The minimum Gasteiger partial charge on any atom is -0.394 e. The van der Waals surface area contributed by atoms with Crippen molar-refractivity contribution < 1.29 is 104 Å². The molecule has 25 unspecified atom stereocenters. The van der Waals surface area contributed by atoms with Crippen LogP contribution in [0.2, 0.25) is 0 Å². The number of hydrogen-bond donors (Lipinski definition) is 10.